The maximum absolute atomic E-state index is 13.0. The summed E-state index contributed by atoms with van der Waals surface area (Å²) < 4.78 is 4.87. The summed E-state index contributed by atoms with van der Waals surface area (Å²) >= 11 is 1.69. The van der Waals surface area contributed by atoms with E-state index in [1.54, 1.807) is 18.8 Å². The molecule has 1 amide bonds. The lowest BCUT2D eigenvalue weighted by Gasteiger charge is -2.36. The molecule has 0 aliphatic heterocycles. The summed E-state index contributed by atoms with van der Waals surface area (Å²) in [6.45, 7) is 5.93. The van der Waals surface area contributed by atoms with Gasteiger partial charge in [-0.25, -0.2) is 4.79 Å². The van der Waals surface area contributed by atoms with Crippen LogP contribution in [0.1, 0.15) is 50.3 Å². The predicted octanol–water partition coefficient (Wildman–Crippen LogP) is 6.26. The highest BCUT2D eigenvalue weighted by atomic mass is 32.2. The molecule has 0 bridgehead atoms. The number of carbonyl (C=O) groups excluding carboxylic acids is 2. The fourth-order valence-electron chi connectivity index (χ4n) is 4.18. The van der Waals surface area contributed by atoms with E-state index in [0.717, 1.165) is 16.7 Å². The lowest BCUT2D eigenvalue weighted by Crippen LogP contribution is -2.37. The molecule has 0 fully saturated rings. The molecule has 3 rings (SSSR count). The summed E-state index contributed by atoms with van der Waals surface area (Å²) in [4.78, 5) is 26.7. The van der Waals surface area contributed by atoms with Gasteiger partial charge in [-0.2, -0.15) is 0 Å². The van der Waals surface area contributed by atoms with E-state index in [0.29, 0.717) is 25.1 Å². The molecule has 2 N–H and O–H groups in total. The van der Waals surface area contributed by atoms with Crippen molar-refractivity contribution in [2.75, 3.05) is 19.3 Å². The van der Waals surface area contributed by atoms with Crippen LogP contribution in [0.4, 0.5) is 4.79 Å². The molecule has 0 saturated carbocycles. The van der Waals surface area contributed by atoms with Gasteiger partial charge in [-0.15, -0.1) is 11.8 Å². The summed E-state index contributed by atoms with van der Waals surface area (Å²) in [6, 6.07) is 30.5. The first-order valence-corrected chi connectivity index (χ1v) is 13.6. The number of nitrogens with two attached hydrogens (primary N) is 1. The fourth-order valence-corrected chi connectivity index (χ4v) is 5.71. The van der Waals surface area contributed by atoms with Gasteiger partial charge >= 0.3 is 6.09 Å². The molecular weight excluding hydrogens is 480 g/mol. The van der Waals surface area contributed by atoms with Gasteiger partial charge < -0.3 is 15.4 Å². The van der Waals surface area contributed by atoms with E-state index in [2.05, 4.69) is 36.4 Å². The molecule has 3 aromatic rings. The van der Waals surface area contributed by atoms with Crippen LogP contribution < -0.4 is 5.73 Å². The molecule has 0 aromatic heterocycles. The number of benzene rings is 3. The van der Waals surface area contributed by atoms with E-state index in [1.165, 1.54) is 4.90 Å². The number of hydrogen-bond donors (Lipinski definition) is 1. The minimum Gasteiger partial charge on any atom is -0.444 e. The van der Waals surface area contributed by atoms with Crippen LogP contribution in [0.3, 0.4) is 0 Å². The minimum atomic E-state index is -0.618. The molecule has 0 saturated heterocycles. The van der Waals surface area contributed by atoms with Gasteiger partial charge in [-0.1, -0.05) is 91.0 Å². The number of nitrogens with zero attached hydrogens (tertiary/aromatic N) is 1. The Morgan fingerprint density at radius 3 is 1.68 bits per heavy atom. The Labute approximate surface area is 225 Å². The van der Waals surface area contributed by atoms with Gasteiger partial charge in [0.25, 0.3) is 0 Å². The SMILES string of the molecule is CN(CCCC(=O)[C@@H](N)CSC(c1ccccc1)(c1ccccc1)c1ccccc1)C(=O)OC(C)(C)C. The van der Waals surface area contributed by atoms with Gasteiger partial charge in [0.2, 0.25) is 0 Å². The molecule has 196 valence electrons. The Hall–Kier alpha value is -3.09. The van der Waals surface area contributed by atoms with Crippen molar-refractivity contribution in [3.05, 3.63) is 108 Å². The molecule has 6 heteroatoms. The highest BCUT2D eigenvalue weighted by Crippen LogP contribution is 2.48. The number of Topliss-reactive ketones (excluding diaryl/α,β-unsaturated/α-hetero) is 1. The first-order valence-electron chi connectivity index (χ1n) is 12.7. The number of thioether (sulfide) groups is 1. The molecule has 0 unspecified atom stereocenters. The molecule has 3 aromatic carbocycles. The fraction of sp³-hybridized carbons (Fsp3) is 0.355. The van der Waals surface area contributed by atoms with Gasteiger partial charge in [0, 0.05) is 25.8 Å². The molecule has 5 nitrogen and oxygen atoms in total. The third kappa shape index (κ3) is 7.70. The average Bonchev–Trinajstić information content (AvgIpc) is 2.89. The van der Waals surface area contributed by atoms with Crippen LogP contribution in [0.5, 0.6) is 0 Å². The number of ketones is 1. The molecular formula is C31H38N2O3S. The number of rotatable bonds is 11. The Morgan fingerprint density at radius 2 is 1.27 bits per heavy atom. The molecule has 0 aliphatic carbocycles. The summed E-state index contributed by atoms with van der Waals surface area (Å²) in [6.07, 6.45) is 0.455. The standard InChI is InChI=1S/C31H38N2O3S/c1-30(2,3)36-29(35)33(4)22-14-21-28(34)27(32)23-37-31(24-15-8-5-9-16-24,25-17-10-6-11-18-25)26-19-12-7-13-20-26/h5-13,15-20,27H,14,21-23,32H2,1-4H3/t27-/m0/s1. The van der Waals surface area contributed by atoms with Gasteiger partial charge in [-0.3, -0.25) is 4.79 Å². The van der Waals surface area contributed by atoms with E-state index >= 15 is 0 Å². The summed E-state index contributed by atoms with van der Waals surface area (Å²) in [5, 5.41) is 0. The number of ether oxygens (including phenoxy) is 1. The molecule has 0 heterocycles. The maximum Gasteiger partial charge on any atom is 0.410 e. The zero-order valence-corrected chi connectivity index (χ0v) is 23.0. The lowest BCUT2D eigenvalue weighted by atomic mass is 9.84. The second-order valence-corrected chi connectivity index (χ2v) is 11.4. The van der Waals surface area contributed by atoms with Crippen LogP contribution in [-0.2, 0) is 14.3 Å². The highest BCUT2D eigenvalue weighted by Gasteiger charge is 2.37. The minimum absolute atomic E-state index is 0.00632. The van der Waals surface area contributed by atoms with E-state index in [9.17, 15) is 9.59 Å². The quantitative estimate of drug-likeness (QED) is 0.304. The Kier molecular flexibility index (Phi) is 9.95. The van der Waals surface area contributed by atoms with Gasteiger partial charge in [0.05, 0.1) is 10.8 Å². The summed E-state index contributed by atoms with van der Waals surface area (Å²) in [7, 11) is 1.68. The monoisotopic (exact) mass is 518 g/mol. The smallest absolute Gasteiger partial charge is 0.410 e. The topological polar surface area (TPSA) is 72.6 Å². The van der Waals surface area contributed by atoms with Crippen LogP contribution in [-0.4, -0.2) is 47.8 Å². The third-order valence-electron chi connectivity index (χ3n) is 6.06. The van der Waals surface area contributed by atoms with E-state index in [1.807, 2.05) is 75.4 Å². The second-order valence-electron chi connectivity index (χ2n) is 10.2. The van der Waals surface area contributed by atoms with Crippen LogP contribution in [0.25, 0.3) is 0 Å². The Morgan fingerprint density at radius 1 is 0.838 bits per heavy atom. The van der Waals surface area contributed by atoms with Crippen molar-refractivity contribution >= 4 is 23.6 Å². The van der Waals surface area contributed by atoms with E-state index in [-0.39, 0.29) is 5.78 Å². The first kappa shape index (κ1) is 28.5. The molecule has 37 heavy (non-hydrogen) atoms. The van der Waals surface area contributed by atoms with Crippen molar-refractivity contribution in [1.82, 2.24) is 4.90 Å². The van der Waals surface area contributed by atoms with Crippen molar-refractivity contribution in [3.63, 3.8) is 0 Å². The maximum atomic E-state index is 13.0. The van der Waals surface area contributed by atoms with Gasteiger partial charge in [0.15, 0.2) is 0 Å². The Bertz CT molecular complexity index is 1030. The molecule has 1 atom stereocenters. The van der Waals surface area contributed by atoms with Gasteiger partial charge in [0.1, 0.15) is 11.4 Å². The number of amides is 1. The van der Waals surface area contributed by atoms with Crippen LogP contribution in [0, 0.1) is 0 Å². The zero-order chi connectivity index (χ0) is 26.9. The van der Waals surface area contributed by atoms with E-state index in [4.69, 9.17) is 10.5 Å². The Balaban J connectivity index is 1.74. The number of hydrogen-bond acceptors (Lipinski definition) is 5. The van der Waals surface area contributed by atoms with Crippen LogP contribution in [0.15, 0.2) is 91.0 Å². The van der Waals surface area contributed by atoms with Crippen molar-refractivity contribution in [1.29, 1.82) is 0 Å². The third-order valence-corrected chi connectivity index (χ3v) is 7.72. The largest absolute Gasteiger partial charge is 0.444 e. The predicted molar refractivity (Wildman–Crippen MR) is 153 cm³/mol. The van der Waals surface area contributed by atoms with E-state index < -0.39 is 22.5 Å². The van der Waals surface area contributed by atoms with Gasteiger partial charge in [-0.05, 0) is 43.9 Å². The molecule has 0 spiro atoms. The van der Waals surface area contributed by atoms with Crippen molar-refractivity contribution in [2.24, 2.45) is 5.73 Å². The molecule has 0 radical (unpaired) electrons. The second kappa shape index (κ2) is 12.9. The van der Waals surface area contributed by atoms with Crippen molar-refractivity contribution < 1.29 is 14.3 Å². The zero-order valence-electron chi connectivity index (χ0n) is 22.2. The molecule has 0 aliphatic rings. The number of carbonyl (C=O) groups is 2. The highest BCUT2D eigenvalue weighted by molar-refractivity contribution is 8.00. The van der Waals surface area contributed by atoms with Crippen molar-refractivity contribution in [3.8, 4) is 0 Å². The van der Waals surface area contributed by atoms with Crippen LogP contribution in [0.2, 0.25) is 0 Å². The summed E-state index contributed by atoms with van der Waals surface area (Å²) in [5.74, 6) is 0.451. The average molecular weight is 519 g/mol. The summed E-state index contributed by atoms with van der Waals surface area (Å²) in [5.41, 5.74) is 9.30. The van der Waals surface area contributed by atoms with Crippen LogP contribution >= 0.6 is 11.8 Å². The first-order chi connectivity index (χ1) is 17.6. The lowest BCUT2D eigenvalue weighted by molar-refractivity contribution is -0.120. The normalized spacial score (nSPS) is 12.6. The van der Waals surface area contributed by atoms with Crippen molar-refractivity contribution in [2.45, 2.75) is 50.0 Å².